The van der Waals surface area contributed by atoms with Crippen molar-refractivity contribution in [2.45, 2.75) is 45.1 Å². The molecule has 1 N–H and O–H groups in total. The van der Waals surface area contributed by atoms with Crippen LogP contribution in [0.1, 0.15) is 61.8 Å². The number of fused-ring (bicyclic) bond motifs is 3. The van der Waals surface area contributed by atoms with Crippen molar-refractivity contribution in [3.05, 3.63) is 65.2 Å². The fourth-order valence-electron chi connectivity index (χ4n) is 4.57. The molecule has 28 heavy (non-hydrogen) atoms. The van der Waals surface area contributed by atoms with Gasteiger partial charge in [0.2, 0.25) is 0 Å². The molecule has 0 saturated carbocycles. The van der Waals surface area contributed by atoms with E-state index < -0.39 is 0 Å². The number of nitrogens with one attached hydrogen (secondary N) is 1. The lowest BCUT2D eigenvalue weighted by atomic mass is 9.75. The van der Waals surface area contributed by atoms with Gasteiger partial charge in [-0.3, -0.25) is 4.79 Å². The van der Waals surface area contributed by atoms with Gasteiger partial charge in [0, 0.05) is 18.5 Å². The van der Waals surface area contributed by atoms with Gasteiger partial charge in [0.15, 0.2) is 11.5 Å². The van der Waals surface area contributed by atoms with E-state index in [4.69, 9.17) is 9.47 Å². The zero-order valence-electron chi connectivity index (χ0n) is 16.9. The van der Waals surface area contributed by atoms with E-state index in [0.29, 0.717) is 29.3 Å². The van der Waals surface area contributed by atoms with Crippen LogP contribution in [0.5, 0.6) is 11.5 Å². The van der Waals surface area contributed by atoms with Crippen molar-refractivity contribution in [2.24, 2.45) is 5.92 Å². The molecule has 1 heterocycles. The molecule has 3 atom stereocenters. The summed E-state index contributed by atoms with van der Waals surface area (Å²) in [5.74, 6) is 2.01. The Kier molecular flexibility index (Phi) is 4.88. The lowest BCUT2D eigenvalue weighted by molar-refractivity contribution is -0.132. The first-order valence-electron chi connectivity index (χ1n) is 9.92. The molecule has 3 unspecified atom stereocenters. The number of benzene rings is 2. The maximum absolute atomic E-state index is 11.4. The first-order valence-corrected chi connectivity index (χ1v) is 9.92. The lowest BCUT2D eigenvalue weighted by Crippen LogP contribution is -2.30. The number of allylic oxidation sites excluding steroid dienone is 2. The van der Waals surface area contributed by atoms with Crippen molar-refractivity contribution in [2.75, 3.05) is 12.4 Å². The highest BCUT2D eigenvalue weighted by atomic mass is 16.6. The molecule has 0 bridgehead atoms. The van der Waals surface area contributed by atoms with E-state index >= 15 is 0 Å². The molecule has 2 aromatic rings. The molecule has 0 saturated heterocycles. The Balaban J connectivity index is 1.76. The smallest absolute Gasteiger partial charge is 0.308 e. The molecule has 2 aliphatic rings. The minimum atomic E-state index is -0.350. The first kappa shape index (κ1) is 18.6. The van der Waals surface area contributed by atoms with Gasteiger partial charge in [-0.1, -0.05) is 50.3 Å². The summed E-state index contributed by atoms with van der Waals surface area (Å²) >= 11 is 0. The molecule has 4 heteroatoms. The standard InChI is InChI=1S/C24H27NO3/c1-14(2)17-7-5-10-20-18-8-6-9-19(18)23(25-24(17)20)16-11-12-21(28-15(3)26)22(13-16)27-4/h5-8,10-14,18-19,23,25H,9H2,1-4H3. The monoisotopic (exact) mass is 377 g/mol. The predicted molar refractivity (Wildman–Crippen MR) is 111 cm³/mol. The second-order valence-electron chi connectivity index (χ2n) is 7.95. The molecular formula is C24H27NO3. The van der Waals surface area contributed by atoms with Gasteiger partial charge in [-0.15, -0.1) is 0 Å². The minimum Gasteiger partial charge on any atom is -0.493 e. The van der Waals surface area contributed by atoms with E-state index in [0.717, 1.165) is 12.0 Å². The van der Waals surface area contributed by atoms with Crippen molar-refractivity contribution >= 4 is 11.7 Å². The second-order valence-corrected chi connectivity index (χ2v) is 7.95. The first-order chi connectivity index (χ1) is 13.5. The van der Waals surface area contributed by atoms with Gasteiger partial charge < -0.3 is 14.8 Å². The normalized spacial score (nSPS) is 22.4. The topological polar surface area (TPSA) is 47.6 Å². The number of carbonyl (C=O) groups is 1. The molecular weight excluding hydrogens is 350 g/mol. The Morgan fingerprint density at radius 3 is 2.71 bits per heavy atom. The van der Waals surface area contributed by atoms with Gasteiger partial charge in [0.25, 0.3) is 0 Å². The summed E-state index contributed by atoms with van der Waals surface area (Å²) in [5.41, 5.74) is 5.16. The maximum Gasteiger partial charge on any atom is 0.308 e. The summed E-state index contributed by atoms with van der Waals surface area (Å²) in [5, 5.41) is 3.84. The van der Waals surface area contributed by atoms with Crippen LogP contribution in [0.25, 0.3) is 0 Å². The van der Waals surface area contributed by atoms with Crippen LogP contribution in [0.15, 0.2) is 48.6 Å². The van der Waals surface area contributed by atoms with E-state index in [-0.39, 0.29) is 12.0 Å². The molecule has 0 spiro atoms. The van der Waals surface area contributed by atoms with Crippen molar-refractivity contribution in [3.63, 3.8) is 0 Å². The Hall–Kier alpha value is -2.75. The van der Waals surface area contributed by atoms with Gasteiger partial charge in [-0.25, -0.2) is 0 Å². The quantitative estimate of drug-likeness (QED) is 0.430. The number of hydrogen-bond donors (Lipinski definition) is 1. The molecule has 0 amide bonds. The number of carbonyl (C=O) groups excluding carboxylic acids is 1. The molecule has 1 aliphatic carbocycles. The summed E-state index contributed by atoms with van der Waals surface area (Å²) in [4.78, 5) is 11.4. The minimum absolute atomic E-state index is 0.174. The zero-order valence-corrected chi connectivity index (χ0v) is 16.9. The summed E-state index contributed by atoms with van der Waals surface area (Å²) < 4.78 is 10.8. The number of esters is 1. The van der Waals surface area contributed by atoms with Gasteiger partial charge in [0.1, 0.15) is 0 Å². The predicted octanol–water partition coefficient (Wildman–Crippen LogP) is 5.57. The molecule has 146 valence electrons. The van der Waals surface area contributed by atoms with Gasteiger partial charge in [-0.05, 0) is 47.1 Å². The Morgan fingerprint density at radius 1 is 1.18 bits per heavy atom. The van der Waals surface area contributed by atoms with E-state index in [2.05, 4.69) is 49.5 Å². The SMILES string of the molecule is COc1cc(C2Nc3c(C(C)C)cccc3C3C=CCC32)ccc1OC(C)=O. The summed E-state index contributed by atoms with van der Waals surface area (Å²) in [6, 6.07) is 12.7. The zero-order chi connectivity index (χ0) is 19.8. The third kappa shape index (κ3) is 3.17. The van der Waals surface area contributed by atoms with Crippen LogP contribution in [0.2, 0.25) is 0 Å². The molecule has 1 aliphatic heterocycles. The lowest BCUT2D eigenvalue weighted by Gasteiger charge is -2.39. The van der Waals surface area contributed by atoms with Crippen molar-refractivity contribution in [3.8, 4) is 11.5 Å². The number of anilines is 1. The van der Waals surface area contributed by atoms with Crippen LogP contribution in [0, 0.1) is 5.92 Å². The van der Waals surface area contributed by atoms with Crippen molar-refractivity contribution < 1.29 is 14.3 Å². The highest BCUT2D eigenvalue weighted by Gasteiger charge is 2.39. The molecule has 0 aromatic heterocycles. The maximum atomic E-state index is 11.4. The summed E-state index contributed by atoms with van der Waals surface area (Å²) in [6.07, 6.45) is 5.69. The molecule has 0 radical (unpaired) electrons. The fourth-order valence-corrected chi connectivity index (χ4v) is 4.57. The van der Waals surface area contributed by atoms with Gasteiger partial charge in [-0.2, -0.15) is 0 Å². The van der Waals surface area contributed by atoms with Crippen LogP contribution >= 0.6 is 0 Å². The van der Waals surface area contributed by atoms with Crippen molar-refractivity contribution in [1.29, 1.82) is 0 Å². The molecule has 0 fully saturated rings. The Bertz CT molecular complexity index is 931. The van der Waals surface area contributed by atoms with E-state index in [1.165, 1.54) is 23.7 Å². The van der Waals surface area contributed by atoms with Crippen LogP contribution in [0.4, 0.5) is 5.69 Å². The number of methoxy groups -OCH3 is 1. The van der Waals surface area contributed by atoms with Crippen LogP contribution < -0.4 is 14.8 Å². The third-order valence-corrected chi connectivity index (χ3v) is 5.85. The number of rotatable bonds is 4. The van der Waals surface area contributed by atoms with Crippen LogP contribution in [0.3, 0.4) is 0 Å². The molecule has 4 rings (SSSR count). The van der Waals surface area contributed by atoms with Crippen LogP contribution in [-0.4, -0.2) is 13.1 Å². The highest BCUT2D eigenvalue weighted by Crippen LogP contribution is 2.52. The largest absolute Gasteiger partial charge is 0.493 e. The fraction of sp³-hybridized carbons (Fsp3) is 0.375. The van der Waals surface area contributed by atoms with Gasteiger partial charge in [0.05, 0.1) is 13.2 Å². The van der Waals surface area contributed by atoms with E-state index in [1.54, 1.807) is 7.11 Å². The number of ether oxygens (including phenoxy) is 2. The number of para-hydroxylation sites is 1. The van der Waals surface area contributed by atoms with Crippen LogP contribution in [-0.2, 0) is 4.79 Å². The van der Waals surface area contributed by atoms with E-state index in [1.807, 2.05) is 18.2 Å². The Morgan fingerprint density at radius 2 is 2.00 bits per heavy atom. The molecule has 2 aromatic carbocycles. The van der Waals surface area contributed by atoms with E-state index in [9.17, 15) is 4.79 Å². The van der Waals surface area contributed by atoms with Gasteiger partial charge >= 0.3 is 5.97 Å². The highest BCUT2D eigenvalue weighted by molar-refractivity contribution is 5.71. The Labute approximate surface area is 166 Å². The average Bonchev–Trinajstić information content (AvgIpc) is 3.17. The summed E-state index contributed by atoms with van der Waals surface area (Å²) in [6.45, 7) is 5.87. The summed E-state index contributed by atoms with van der Waals surface area (Å²) in [7, 11) is 1.60. The third-order valence-electron chi connectivity index (χ3n) is 5.85. The number of hydrogen-bond acceptors (Lipinski definition) is 4. The second kappa shape index (κ2) is 7.34. The average molecular weight is 377 g/mol. The molecule has 4 nitrogen and oxygen atoms in total. The van der Waals surface area contributed by atoms with Crippen molar-refractivity contribution in [1.82, 2.24) is 0 Å².